The lowest BCUT2D eigenvalue weighted by Gasteiger charge is -2.15. The zero-order valence-corrected chi connectivity index (χ0v) is 52.3. The van der Waals surface area contributed by atoms with Crippen molar-refractivity contribution in [2.75, 3.05) is 13.2 Å². The van der Waals surface area contributed by atoms with Gasteiger partial charge in [0.2, 0.25) is 0 Å². The highest BCUT2D eigenvalue weighted by atomic mass is 16.6. The third-order valence-corrected chi connectivity index (χ3v) is 16.9. The van der Waals surface area contributed by atoms with Crippen LogP contribution < -0.4 is 0 Å². The van der Waals surface area contributed by atoms with Crippen molar-refractivity contribution in [2.24, 2.45) is 0 Å². The van der Waals surface area contributed by atoms with Crippen LogP contribution in [0, 0.1) is 0 Å². The molecular weight excluding hydrogens is 933 g/mol. The van der Waals surface area contributed by atoms with Crippen molar-refractivity contribution in [3.63, 3.8) is 0 Å². The van der Waals surface area contributed by atoms with Gasteiger partial charge >= 0.3 is 11.9 Å². The molecule has 1 unspecified atom stereocenters. The van der Waals surface area contributed by atoms with E-state index in [4.69, 9.17) is 9.47 Å². The Balaban J connectivity index is 3.34. The van der Waals surface area contributed by atoms with E-state index in [1.165, 1.54) is 366 Å². The lowest BCUT2D eigenvalue weighted by atomic mass is 10.0. The second-order valence-electron chi connectivity index (χ2n) is 24.7. The predicted molar refractivity (Wildman–Crippen MR) is 335 cm³/mol. The number of carbonyl (C=O) groups excluding carboxylic acids is 2. The molecule has 0 aliphatic rings. The molecule has 5 nitrogen and oxygen atoms in total. The van der Waals surface area contributed by atoms with Gasteiger partial charge in [-0.1, -0.05) is 399 Å². The van der Waals surface area contributed by atoms with E-state index >= 15 is 0 Å². The van der Waals surface area contributed by atoms with Crippen LogP contribution in [-0.4, -0.2) is 36.4 Å². The summed E-state index contributed by atoms with van der Waals surface area (Å²) in [5.74, 6) is -0.558. The molecule has 0 fully saturated rings. The number of aliphatic hydroxyl groups is 1. The molecule has 0 saturated heterocycles. The van der Waals surface area contributed by atoms with Crippen LogP contribution in [0.15, 0.2) is 0 Å². The largest absolute Gasteiger partial charge is 0.462 e. The fraction of sp³-hybridized carbons (Fsp3) is 0.972. The monoisotopic (exact) mass is 1070 g/mol. The molecule has 0 aromatic heterocycles. The second kappa shape index (κ2) is 68.2. The van der Waals surface area contributed by atoms with Crippen LogP contribution in [0.2, 0.25) is 0 Å². The Hall–Kier alpha value is -1.10. The summed E-state index contributed by atoms with van der Waals surface area (Å²) in [5.41, 5.74) is 0. The van der Waals surface area contributed by atoms with Crippen molar-refractivity contribution in [1.29, 1.82) is 0 Å². The highest BCUT2D eigenvalue weighted by Crippen LogP contribution is 2.20. The van der Waals surface area contributed by atoms with Gasteiger partial charge in [0.15, 0.2) is 6.10 Å². The molecule has 0 heterocycles. The Morgan fingerprint density at radius 3 is 0.579 bits per heavy atom. The first-order valence-electron chi connectivity index (χ1n) is 35.6. The molecule has 0 aromatic carbocycles. The smallest absolute Gasteiger partial charge is 0.306 e. The lowest BCUT2D eigenvalue weighted by molar-refractivity contribution is -0.161. The Labute approximate surface area is 478 Å². The summed E-state index contributed by atoms with van der Waals surface area (Å²) >= 11 is 0. The molecule has 0 saturated carbocycles. The highest BCUT2D eigenvalue weighted by Gasteiger charge is 2.16. The SMILES string of the molecule is CCCCCCCCCCCCCCCCCCCCCCCCCCCCCCCCCCCCCCCC(=O)OC(CO)COC(=O)CCCCCCCCCCCCCCCCCCCCCCCCCCC. The fourth-order valence-corrected chi connectivity index (χ4v) is 11.6. The molecule has 0 amide bonds. The second-order valence-corrected chi connectivity index (χ2v) is 24.7. The van der Waals surface area contributed by atoms with Gasteiger partial charge in [0, 0.05) is 12.8 Å². The molecule has 0 aliphatic heterocycles. The van der Waals surface area contributed by atoms with E-state index in [9.17, 15) is 14.7 Å². The minimum atomic E-state index is -0.765. The molecule has 0 aliphatic carbocycles. The van der Waals surface area contributed by atoms with Crippen LogP contribution in [0.25, 0.3) is 0 Å². The molecule has 1 N–H and O–H groups in total. The molecule has 0 radical (unpaired) electrons. The van der Waals surface area contributed by atoms with Gasteiger partial charge in [-0.3, -0.25) is 9.59 Å². The van der Waals surface area contributed by atoms with Crippen LogP contribution in [0.4, 0.5) is 0 Å². The van der Waals surface area contributed by atoms with E-state index < -0.39 is 6.10 Å². The van der Waals surface area contributed by atoms with Crippen molar-refractivity contribution in [3.8, 4) is 0 Å². The van der Waals surface area contributed by atoms with Crippen molar-refractivity contribution in [2.45, 2.75) is 431 Å². The summed E-state index contributed by atoms with van der Waals surface area (Å²) in [7, 11) is 0. The van der Waals surface area contributed by atoms with Crippen LogP contribution in [-0.2, 0) is 19.1 Å². The normalized spacial score (nSPS) is 12.0. The Bertz CT molecular complexity index is 1080. The zero-order valence-electron chi connectivity index (χ0n) is 52.3. The van der Waals surface area contributed by atoms with E-state index in [0.717, 1.165) is 32.1 Å². The maximum Gasteiger partial charge on any atom is 0.306 e. The number of hydrogen-bond acceptors (Lipinski definition) is 5. The molecule has 0 rings (SSSR count). The molecule has 5 heteroatoms. The Morgan fingerprint density at radius 2 is 0.408 bits per heavy atom. The lowest BCUT2D eigenvalue weighted by Crippen LogP contribution is -2.28. The van der Waals surface area contributed by atoms with Gasteiger partial charge < -0.3 is 14.6 Å². The third-order valence-electron chi connectivity index (χ3n) is 16.9. The molecule has 0 bridgehead atoms. The summed E-state index contributed by atoms with van der Waals surface area (Å²) in [4.78, 5) is 24.6. The van der Waals surface area contributed by atoms with E-state index in [2.05, 4.69) is 13.8 Å². The first kappa shape index (κ1) is 74.9. The Morgan fingerprint density at radius 1 is 0.250 bits per heavy atom. The van der Waals surface area contributed by atoms with Crippen LogP contribution >= 0.6 is 0 Å². The molecule has 454 valence electrons. The Kier molecular flexibility index (Phi) is 67.2. The van der Waals surface area contributed by atoms with Gasteiger partial charge in [0.1, 0.15) is 6.61 Å². The molecule has 0 spiro atoms. The molecule has 1 atom stereocenters. The summed E-state index contributed by atoms with van der Waals surface area (Å²) in [6.45, 7) is 4.23. The average molecular weight is 1070 g/mol. The van der Waals surface area contributed by atoms with E-state index in [1.807, 2.05) is 0 Å². The number of unbranched alkanes of at least 4 members (excludes halogenated alkanes) is 60. The zero-order chi connectivity index (χ0) is 54.8. The summed E-state index contributed by atoms with van der Waals surface area (Å²) in [6, 6.07) is 0. The van der Waals surface area contributed by atoms with Crippen molar-refractivity contribution in [3.05, 3.63) is 0 Å². The van der Waals surface area contributed by atoms with Gasteiger partial charge in [0.05, 0.1) is 6.61 Å². The van der Waals surface area contributed by atoms with Gasteiger partial charge in [-0.2, -0.15) is 0 Å². The highest BCUT2D eigenvalue weighted by molar-refractivity contribution is 5.70. The van der Waals surface area contributed by atoms with Gasteiger partial charge in [-0.05, 0) is 12.8 Å². The molecule has 0 aromatic rings. The van der Waals surface area contributed by atoms with Crippen LogP contribution in [0.1, 0.15) is 425 Å². The maximum atomic E-state index is 12.4. The van der Waals surface area contributed by atoms with E-state index in [-0.39, 0.29) is 25.2 Å². The van der Waals surface area contributed by atoms with Gasteiger partial charge in [0.25, 0.3) is 0 Å². The number of hydrogen-bond donors (Lipinski definition) is 1. The minimum Gasteiger partial charge on any atom is -0.462 e. The predicted octanol–water partition coefficient (Wildman–Crippen LogP) is 24.4. The van der Waals surface area contributed by atoms with Gasteiger partial charge in [-0.25, -0.2) is 0 Å². The molecule has 76 heavy (non-hydrogen) atoms. The number of esters is 2. The number of aliphatic hydroxyl groups excluding tert-OH is 1. The average Bonchev–Trinajstić information content (AvgIpc) is 3.42. The fourth-order valence-electron chi connectivity index (χ4n) is 11.6. The third kappa shape index (κ3) is 65.4. The van der Waals surface area contributed by atoms with E-state index in [1.54, 1.807) is 0 Å². The standard InChI is InChI=1S/C71H140O5/c1-3-5-7-9-11-13-15-17-19-21-23-25-27-29-30-31-32-33-34-35-36-37-38-39-40-42-44-46-48-50-52-54-56-58-60-62-64-66-71(74)76-69(67-72)68-75-70(73)65-63-61-59-57-55-53-51-49-47-45-43-41-28-26-24-22-20-18-16-14-12-10-8-6-4-2/h69,72H,3-68H2,1-2H3. The van der Waals surface area contributed by atoms with Gasteiger partial charge in [-0.15, -0.1) is 0 Å². The first-order valence-corrected chi connectivity index (χ1v) is 35.6. The number of ether oxygens (including phenoxy) is 2. The topological polar surface area (TPSA) is 72.8 Å². The van der Waals surface area contributed by atoms with Crippen LogP contribution in [0.5, 0.6) is 0 Å². The number of rotatable bonds is 68. The van der Waals surface area contributed by atoms with Crippen molar-refractivity contribution < 1.29 is 24.2 Å². The summed E-state index contributed by atoms with van der Waals surface area (Å²) < 4.78 is 10.8. The quantitative estimate of drug-likeness (QED) is 0.0485. The minimum absolute atomic E-state index is 0.0553. The first-order chi connectivity index (χ1) is 37.6. The van der Waals surface area contributed by atoms with E-state index in [0.29, 0.717) is 12.8 Å². The summed E-state index contributed by atoms with van der Waals surface area (Å²) in [5, 5.41) is 9.70. The number of carbonyl (C=O) groups is 2. The van der Waals surface area contributed by atoms with Crippen molar-refractivity contribution in [1.82, 2.24) is 0 Å². The summed E-state index contributed by atoms with van der Waals surface area (Å²) in [6.07, 6.45) is 85.9. The molecular formula is C71H140O5. The van der Waals surface area contributed by atoms with Crippen molar-refractivity contribution >= 4 is 11.9 Å². The maximum absolute atomic E-state index is 12.4. The van der Waals surface area contributed by atoms with Crippen LogP contribution in [0.3, 0.4) is 0 Å².